The predicted molar refractivity (Wildman–Crippen MR) is 58.4 cm³/mol. The largest absolute Gasteiger partial charge is 0.350 e. The summed E-state index contributed by atoms with van der Waals surface area (Å²) in [5, 5.41) is 0. The molecule has 86 valence electrons. The van der Waals surface area contributed by atoms with Crippen LogP contribution in [-0.4, -0.2) is 19.0 Å². The van der Waals surface area contributed by atoms with Gasteiger partial charge < -0.3 is 9.47 Å². The monoisotopic (exact) mass is 210 g/mol. The third kappa shape index (κ3) is 1.24. The fourth-order valence-electron chi connectivity index (χ4n) is 4.53. The van der Waals surface area contributed by atoms with Crippen molar-refractivity contribution in [2.75, 3.05) is 13.2 Å². The van der Waals surface area contributed by atoms with Crippen LogP contribution in [0.2, 0.25) is 0 Å². The molecule has 0 radical (unpaired) electrons. The van der Waals surface area contributed by atoms with Crippen molar-refractivity contribution in [1.29, 1.82) is 0 Å². The molecule has 2 heteroatoms. The molecule has 4 atom stereocenters. The second kappa shape index (κ2) is 3.46. The molecule has 3 saturated carbocycles. The van der Waals surface area contributed by atoms with E-state index in [4.69, 9.17) is 9.47 Å². The molecule has 0 spiro atoms. The van der Waals surface area contributed by atoms with Crippen molar-refractivity contribution in [3.05, 3.63) is 0 Å². The van der Waals surface area contributed by atoms with Gasteiger partial charge in [-0.25, -0.2) is 0 Å². The summed E-state index contributed by atoms with van der Waals surface area (Å²) in [5.74, 6) is 3.41. The molecule has 3 rings (SSSR count). The molecule has 2 nitrogen and oxygen atoms in total. The third-order valence-electron chi connectivity index (χ3n) is 4.89. The number of fused-ring (bicyclic) bond motifs is 5. The Kier molecular flexibility index (Phi) is 2.33. The van der Waals surface area contributed by atoms with Crippen LogP contribution in [0.25, 0.3) is 0 Å². The zero-order valence-corrected chi connectivity index (χ0v) is 9.87. The Bertz CT molecular complexity index is 243. The summed E-state index contributed by atoms with van der Waals surface area (Å²) in [4.78, 5) is 0. The topological polar surface area (TPSA) is 18.5 Å². The smallest absolute Gasteiger partial charge is 0.171 e. The lowest BCUT2D eigenvalue weighted by Gasteiger charge is -2.55. The second-order valence-corrected chi connectivity index (χ2v) is 5.40. The van der Waals surface area contributed by atoms with Crippen molar-refractivity contribution in [3.63, 3.8) is 0 Å². The van der Waals surface area contributed by atoms with E-state index in [9.17, 15) is 0 Å². The summed E-state index contributed by atoms with van der Waals surface area (Å²) in [6.45, 7) is 5.75. The van der Waals surface area contributed by atoms with E-state index in [-0.39, 0.29) is 5.79 Å². The average molecular weight is 210 g/mol. The van der Waals surface area contributed by atoms with E-state index in [0.717, 1.165) is 36.9 Å². The summed E-state index contributed by atoms with van der Waals surface area (Å²) < 4.78 is 11.9. The van der Waals surface area contributed by atoms with Crippen molar-refractivity contribution < 1.29 is 9.47 Å². The highest BCUT2D eigenvalue weighted by molar-refractivity contribution is 5.11. The molecular formula is C13H22O2. The molecule has 0 heterocycles. The van der Waals surface area contributed by atoms with Gasteiger partial charge in [0.1, 0.15) is 0 Å². The minimum Gasteiger partial charge on any atom is -0.350 e. The first-order chi connectivity index (χ1) is 7.30. The molecule has 15 heavy (non-hydrogen) atoms. The lowest BCUT2D eigenvalue weighted by Crippen LogP contribution is -2.59. The van der Waals surface area contributed by atoms with Gasteiger partial charge in [-0.3, -0.25) is 0 Å². The van der Waals surface area contributed by atoms with Crippen molar-refractivity contribution in [2.24, 2.45) is 23.7 Å². The van der Waals surface area contributed by atoms with E-state index in [1.54, 1.807) is 0 Å². The fraction of sp³-hybridized carbons (Fsp3) is 1.00. The highest BCUT2D eigenvalue weighted by Gasteiger charge is 2.66. The lowest BCUT2D eigenvalue weighted by molar-refractivity contribution is -0.337. The fourth-order valence-corrected chi connectivity index (χ4v) is 4.53. The summed E-state index contributed by atoms with van der Waals surface area (Å²) in [7, 11) is 0. The maximum absolute atomic E-state index is 5.95. The van der Waals surface area contributed by atoms with E-state index in [1.807, 2.05) is 0 Å². The Morgan fingerprint density at radius 2 is 1.73 bits per heavy atom. The highest BCUT2D eigenvalue weighted by atomic mass is 16.7. The predicted octanol–water partition coefficient (Wildman–Crippen LogP) is 2.82. The SMILES string of the molecule is CCOC1(OCC)C[C@H]2[C@@H]3CC[C@H](C3)[C@H]21. The standard InChI is InChI=1S/C13H22O2/c1-3-14-13(15-4-2)8-11-9-5-6-10(7-9)12(11)13/h9-12H,3-8H2,1-2H3/t9-,10-,11+,12-/m1/s1. The molecule has 0 saturated heterocycles. The van der Waals surface area contributed by atoms with Crippen molar-refractivity contribution in [2.45, 2.75) is 45.3 Å². The lowest BCUT2D eigenvalue weighted by atomic mass is 9.61. The van der Waals surface area contributed by atoms with Crippen LogP contribution in [0.15, 0.2) is 0 Å². The molecular weight excluding hydrogens is 188 g/mol. The van der Waals surface area contributed by atoms with E-state index < -0.39 is 0 Å². The van der Waals surface area contributed by atoms with E-state index in [1.165, 1.54) is 25.7 Å². The molecule has 0 aromatic rings. The van der Waals surface area contributed by atoms with Gasteiger partial charge in [0, 0.05) is 25.6 Å². The van der Waals surface area contributed by atoms with Crippen molar-refractivity contribution in [1.82, 2.24) is 0 Å². The minimum atomic E-state index is -0.173. The summed E-state index contributed by atoms with van der Waals surface area (Å²) in [6, 6.07) is 0. The summed E-state index contributed by atoms with van der Waals surface area (Å²) >= 11 is 0. The molecule has 3 aliphatic rings. The van der Waals surface area contributed by atoms with E-state index in [2.05, 4.69) is 13.8 Å². The van der Waals surface area contributed by atoms with Crippen molar-refractivity contribution in [3.8, 4) is 0 Å². The van der Waals surface area contributed by atoms with Crippen LogP contribution >= 0.6 is 0 Å². The van der Waals surface area contributed by atoms with Gasteiger partial charge in [-0.2, -0.15) is 0 Å². The molecule has 0 N–H and O–H groups in total. The molecule has 3 aliphatic carbocycles. The van der Waals surface area contributed by atoms with Crippen LogP contribution in [0, 0.1) is 23.7 Å². The number of hydrogen-bond donors (Lipinski definition) is 0. The first kappa shape index (κ1) is 10.1. The molecule has 0 amide bonds. The molecule has 2 bridgehead atoms. The molecule has 0 aromatic heterocycles. The van der Waals surface area contributed by atoms with Gasteiger partial charge in [0.2, 0.25) is 0 Å². The van der Waals surface area contributed by atoms with Gasteiger partial charge in [0.05, 0.1) is 0 Å². The van der Waals surface area contributed by atoms with Gasteiger partial charge in [-0.05, 0) is 50.9 Å². The minimum absolute atomic E-state index is 0.173. The van der Waals surface area contributed by atoms with Gasteiger partial charge >= 0.3 is 0 Å². The van der Waals surface area contributed by atoms with Gasteiger partial charge in [0.15, 0.2) is 5.79 Å². The molecule has 0 unspecified atom stereocenters. The first-order valence-corrected chi connectivity index (χ1v) is 6.58. The van der Waals surface area contributed by atoms with Crippen LogP contribution in [-0.2, 0) is 9.47 Å². The molecule has 3 fully saturated rings. The summed E-state index contributed by atoms with van der Waals surface area (Å²) in [5.41, 5.74) is 0. The van der Waals surface area contributed by atoms with E-state index >= 15 is 0 Å². The highest BCUT2D eigenvalue weighted by Crippen LogP contribution is 2.66. The van der Waals surface area contributed by atoms with Crippen LogP contribution < -0.4 is 0 Å². The maximum atomic E-state index is 5.95. The van der Waals surface area contributed by atoms with Gasteiger partial charge in [0.25, 0.3) is 0 Å². The molecule has 0 aliphatic heterocycles. The van der Waals surface area contributed by atoms with E-state index in [0.29, 0.717) is 0 Å². The average Bonchev–Trinajstić information content (AvgIpc) is 2.73. The van der Waals surface area contributed by atoms with Gasteiger partial charge in [-0.15, -0.1) is 0 Å². The Balaban J connectivity index is 1.77. The number of hydrogen-bond acceptors (Lipinski definition) is 2. The number of rotatable bonds is 4. The maximum Gasteiger partial charge on any atom is 0.171 e. The van der Waals surface area contributed by atoms with Crippen LogP contribution in [0.4, 0.5) is 0 Å². The Morgan fingerprint density at radius 1 is 1.07 bits per heavy atom. The zero-order chi connectivity index (χ0) is 10.5. The van der Waals surface area contributed by atoms with Crippen LogP contribution in [0.3, 0.4) is 0 Å². The quantitative estimate of drug-likeness (QED) is 0.664. The van der Waals surface area contributed by atoms with Crippen LogP contribution in [0.5, 0.6) is 0 Å². The first-order valence-electron chi connectivity index (χ1n) is 6.58. The van der Waals surface area contributed by atoms with Crippen LogP contribution in [0.1, 0.15) is 39.5 Å². The third-order valence-corrected chi connectivity index (χ3v) is 4.89. The Morgan fingerprint density at radius 3 is 2.33 bits per heavy atom. The summed E-state index contributed by atoms with van der Waals surface area (Å²) in [6.07, 6.45) is 5.52. The second-order valence-electron chi connectivity index (χ2n) is 5.40. The normalized spacial score (nSPS) is 45.2. The molecule has 0 aromatic carbocycles. The Hall–Kier alpha value is -0.0800. The zero-order valence-electron chi connectivity index (χ0n) is 9.87. The van der Waals surface area contributed by atoms with Crippen molar-refractivity contribution >= 4 is 0 Å². The van der Waals surface area contributed by atoms with Gasteiger partial charge in [-0.1, -0.05) is 0 Å². The number of ether oxygens (including phenoxy) is 2. The Labute approximate surface area is 92.3 Å².